The number of hydrogen-bond acceptors (Lipinski definition) is 6. The number of aliphatic carboxylic acids is 1. The lowest BCUT2D eigenvalue weighted by molar-refractivity contribution is -0.137. The van der Waals surface area contributed by atoms with Crippen LogP contribution in [0.4, 0.5) is 10.5 Å². The van der Waals surface area contributed by atoms with Gasteiger partial charge in [-0.3, -0.25) is 19.2 Å². The Hall–Kier alpha value is -4.54. The molecule has 2 heterocycles. The number of nitrogens with zero attached hydrogens (tertiary/aromatic N) is 4. The van der Waals surface area contributed by atoms with Crippen LogP contribution in [0.3, 0.4) is 0 Å². The second-order valence-electron chi connectivity index (χ2n) is 11.6. The van der Waals surface area contributed by atoms with E-state index in [1.165, 1.54) is 7.05 Å². The van der Waals surface area contributed by atoms with Crippen molar-refractivity contribution in [2.45, 2.75) is 25.8 Å². The molecule has 10 nitrogen and oxygen atoms in total. The van der Waals surface area contributed by atoms with Crippen molar-refractivity contribution in [1.82, 2.24) is 14.7 Å². The van der Waals surface area contributed by atoms with E-state index in [9.17, 15) is 14.4 Å². The third-order valence-electron chi connectivity index (χ3n) is 8.38. The molecule has 2 aliphatic rings. The molecule has 4 aromatic rings. The Morgan fingerprint density at radius 1 is 1.07 bits per heavy atom. The molecule has 0 bridgehead atoms. The van der Waals surface area contributed by atoms with Crippen LogP contribution >= 0.6 is 23.2 Å². The number of fused-ring (bicyclic) bond motifs is 3. The summed E-state index contributed by atoms with van der Waals surface area (Å²) in [6, 6.07) is 16.2. The summed E-state index contributed by atoms with van der Waals surface area (Å²) in [4.78, 5) is 39.9. The zero-order chi connectivity index (χ0) is 32.5. The number of hydrogen-bond donors (Lipinski definition) is 1. The summed E-state index contributed by atoms with van der Waals surface area (Å²) in [5.41, 5.74) is 5.68. The van der Waals surface area contributed by atoms with E-state index in [-0.39, 0.29) is 13.2 Å². The van der Waals surface area contributed by atoms with Crippen molar-refractivity contribution in [3.8, 4) is 16.9 Å². The molecule has 2 atom stereocenters. The van der Waals surface area contributed by atoms with Gasteiger partial charge in [0.15, 0.2) is 0 Å². The molecule has 1 N–H and O–H groups in total. The minimum absolute atomic E-state index is 0.0996. The highest BCUT2D eigenvalue weighted by Crippen LogP contribution is 2.57. The van der Waals surface area contributed by atoms with Gasteiger partial charge in [0.05, 0.1) is 18.4 Å². The highest BCUT2D eigenvalue weighted by Gasteiger charge is 2.48. The third-order valence-corrected chi connectivity index (χ3v) is 9.16. The number of carboxylic acid groups (broad SMARTS) is 1. The van der Waals surface area contributed by atoms with E-state index in [1.54, 1.807) is 40.0 Å². The van der Waals surface area contributed by atoms with E-state index < -0.39 is 24.5 Å². The number of carboxylic acids is 1. The number of ether oxygens (including phenoxy) is 2. The molecule has 1 aliphatic heterocycles. The molecule has 0 radical (unpaired) electrons. The van der Waals surface area contributed by atoms with Crippen LogP contribution in [0.2, 0.25) is 10.0 Å². The summed E-state index contributed by atoms with van der Waals surface area (Å²) >= 11 is 12.6. The van der Waals surface area contributed by atoms with Gasteiger partial charge in [-0.05, 0) is 78.3 Å². The number of benzene rings is 3. The zero-order valence-corrected chi connectivity index (χ0v) is 26.8. The van der Waals surface area contributed by atoms with Crippen molar-refractivity contribution in [1.29, 1.82) is 0 Å². The first kappa shape index (κ1) is 31.4. The molecule has 3 aromatic carbocycles. The average molecular weight is 664 g/mol. The molecule has 0 spiro atoms. The largest absolute Gasteiger partial charge is 0.490 e. The standard InChI is InChI=1S/C34H32Cl2N4O6/c1-20-27(35)6-4-8-30(20)45-11-12-46-34(44)40-18-22-14-26(22)32-25(5-3-7-29(32)40)24-15-37-39(17-24)16-23-13-21(9-10-28(23)36)33(43)38(2)19-31(41)42/h3-10,13,15,17,22,26H,11-12,14,16,18-19H2,1-2H3,(H,41,42)/t22-,26-/m0/s1. The minimum Gasteiger partial charge on any atom is -0.490 e. The number of anilines is 1. The quantitative estimate of drug-likeness (QED) is 0.193. The Labute approximate surface area is 276 Å². The van der Waals surface area contributed by atoms with E-state index >= 15 is 0 Å². The number of halogens is 2. The SMILES string of the molecule is Cc1c(Cl)cccc1OCCOC(=O)N1C[C@@H]2C[C@@H]2c2c(-c3cnn(Cc4cc(C(=O)N(C)CC(=O)O)ccc4Cl)c3)cccc21. The van der Waals surface area contributed by atoms with Gasteiger partial charge in [-0.1, -0.05) is 41.4 Å². The Morgan fingerprint density at radius 2 is 1.87 bits per heavy atom. The van der Waals surface area contributed by atoms with Gasteiger partial charge in [0.25, 0.3) is 5.91 Å². The lowest BCUT2D eigenvalue weighted by Gasteiger charge is -2.29. The van der Waals surface area contributed by atoms with E-state index in [2.05, 4.69) is 5.10 Å². The molecule has 1 saturated carbocycles. The smallest absolute Gasteiger partial charge is 0.414 e. The maximum absolute atomic E-state index is 13.3. The van der Waals surface area contributed by atoms with Crippen molar-refractivity contribution in [3.63, 3.8) is 0 Å². The first-order valence-corrected chi connectivity index (χ1v) is 15.6. The number of likely N-dealkylation sites (N-methyl/N-ethyl adjacent to an activating group) is 1. The van der Waals surface area contributed by atoms with E-state index in [0.717, 1.165) is 39.3 Å². The zero-order valence-electron chi connectivity index (χ0n) is 25.3. The lowest BCUT2D eigenvalue weighted by Crippen LogP contribution is -2.37. The summed E-state index contributed by atoms with van der Waals surface area (Å²) in [5, 5.41) is 14.7. The molecule has 1 fully saturated rings. The molecular formula is C34H32Cl2N4O6. The normalized spacial score (nSPS) is 16.3. The first-order chi connectivity index (χ1) is 22.1. The number of aromatic nitrogens is 2. The molecule has 12 heteroatoms. The predicted octanol–water partition coefficient (Wildman–Crippen LogP) is 6.51. The van der Waals surface area contributed by atoms with Gasteiger partial charge in [-0.25, -0.2) is 4.79 Å². The molecule has 238 valence electrons. The van der Waals surface area contributed by atoms with Gasteiger partial charge < -0.3 is 19.5 Å². The van der Waals surface area contributed by atoms with Gasteiger partial charge in [-0.15, -0.1) is 0 Å². The van der Waals surface area contributed by atoms with Crippen molar-refractivity contribution >= 4 is 46.9 Å². The van der Waals surface area contributed by atoms with Crippen LogP contribution in [-0.4, -0.2) is 71.1 Å². The Balaban J connectivity index is 1.16. The van der Waals surface area contributed by atoms with E-state index in [4.69, 9.17) is 37.8 Å². The van der Waals surface area contributed by atoms with Gasteiger partial charge in [-0.2, -0.15) is 5.10 Å². The fraction of sp³-hybridized carbons (Fsp3) is 0.294. The average Bonchev–Trinajstić information content (AvgIpc) is 3.68. The highest BCUT2D eigenvalue weighted by molar-refractivity contribution is 6.31. The van der Waals surface area contributed by atoms with E-state index in [1.807, 2.05) is 43.5 Å². The third kappa shape index (κ3) is 6.54. The van der Waals surface area contributed by atoms with Gasteiger partial charge in [0, 0.05) is 46.5 Å². The molecule has 46 heavy (non-hydrogen) atoms. The summed E-state index contributed by atoms with van der Waals surface area (Å²) in [7, 11) is 1.44. The second kappa shape index (κ2) is 13.1. The van der Waals surface area contributed by atoms with Crippen LogP contribution in [0, 0.1) is 12.8 Å². The lowest BCUT2D eigenvalue weighted by atomic mass is 9.93. The maximum atomic E-state index is 13.3. The number of carbonyl (C=O) groups excluding carboxylic acids is 2. The highest BCUT2D eigenvalue weighted by atomic mass is 35.5. The van der Waals surface area contributed by atoms with Crippen LogP contribution < -0.4 is 9.64 Å². The first-order valence-electron chi connectivity index (χ1n) is 14.8. The number of carbonyl (C=O) groups is 3. The summed E-state index contributed by atoms with van der Waals surface area (Å²) < 4.78 is 13.2. The molecule has 2 amide bonds. The molecule has 1 aliphatic carbocycles. The monoisotopic (exact) mass is 662 g/mol. The second-order valence-corrected chi connectivity index (χ2v) is 12.4. The minimum atomic E-state index is -1.09. The Bertz CT molecular complexity index is 1830. The molecule has 0 unspecified atom stereocenters. The Morgan fingerprint density at radius 3 is 2.67 bits per heavy atom. The van der Waals surface area contributed by atoms with Crippen LogP contribution in [-0.2, 0) is 16.1 Å². The van der Waals surface area contributed by atoms with Crippen LogP contribution in [0.15, 0.2) is 67.0 Å². The van der Waals surface area contributed by atoms with Crippen molar-refractivity contribution in [2.75, 3.05) is 38.3 Å². The van der Waals surface area contributed by atoms with Crippen molar-refractivity contribution < 1.29 is 29.0 Å². The topological polar surface area (TPSA) is 114 Å². The summed E-state index contributed by atoms with van der Waals surface area (Å²) in [5.74, 6) is -0.134. The molecule has 1 aromatic heterocycles. The molecule has 0 saturated heterocycles. The van der Waals surface area contributed by atoms with Gasteiger partial charge >= 0.3 is 12.1 Å². The van der Waals surface area contributed by atoms with Crippen LogP contribution in [0.5, 0.6) is 5.75 Å². The molecular weight excluding hydrogens is 631 g/mol. The fourth-order valence-electron chi connectivity index (χ4n) is 5.93. The number of amides is 2. The van der Waals surface area contributed by atoms with Gasteiger partial charge in [0.2, 0.25) is 0 Å². The van der Waals surface area contributed by atoms with Crippen molar-refractivity contribution in [2.24, 2.45) is 5.92 Å². The summed E-state index contributed by atoms with van der Waals surface area (Å²) in [6.07, 6.45) is 4.28. The number of rotatable bonds is 10. The molecule has 6 rings (SSSR count). The van der Waals surface area contributed by atoms with Gasteiger partial charge in [0.1, 0.15) is 25.5 Å². The summed E-state index contributed by atoms with van der Waals surface area (Å²) in [6.45, 7) is 2.68. The van der Waals surface area contributed by atoms with Crippen LogP contribution in [0.1, 0.15) is 39.4 Å². The predicted molar refractivity (Wildman–Crippen MR) is 174 cm³/mol. The van der Waals surface area contributed by atoms with Crippen LogP contribution in [0.25, 0.3) is 11.1 Å². The van der Waals surface area contributed by atoms with Crippen molar-refractivity contribution in [3.05, 3.63) is 99.3 Å². The maximum Gasteiger partial charge on any atom is 0.414 e. The fourth-order valence-corrected chi connectivity index (χ4v) is 6.27. The van der Waals surface area contributed by atoms with E-state index in [0.29, 0.717) is 51.8 Å². The Kier molecular flexibility index (Phi) is 8.93.